The summed E-state index contributed by atoms with van der Waals surface area (Å²) >= 11 is 0. The number of rotatable bonds is 5. The Kier molecular flexibility index (Phi) is 6.65. The number of unbranched alkanes of at least 4 members (excludes halogenated alkanes) is 1. The Hall–Kier alpha value is -3.78. The van der Waals surface area contributed by atoms with Crippen LogP contribution in [0.15, 0.2) is 66.7 Å². The Morgan fingerprint density at radius 3 is 2.00 bits per heavy atom. The highest BCUT2D eigenvalue weighted by Crippen LogP contribution is 2.26. The SMILES string of the molecule is CCCCOc1ccc(-c2cc(F)c(C#Cc3ccc4cc(F)c(F)cc4c3)c(F)c2)cc1. The van der Waals surface area contributed by atoms with Crippen molar-refractivity contribution in [2.75, 3.05) is 6.61 Å². The maximum Gasteiger partial charge on any atom is 0.159 e. The monoisotopic (exact) mass is 448 g/mol. The first kappa shape index (κ1) is 22.4. The molecular weight excluding hydrogens is 428 g/mol. The van der Waals surface area contributed by atoms with Crippen molar-refractivity contribution in [3.63, 3.8) is 0 Å². The zero-order valence-corrected chi connectivity index (χ0v) is 17.9. The van der Waals surface area contributed by atoms with Crippen molar-refractivity contribution in [2.45, 2.75) is 19.8 Å². The highest BCUT2D eigenvalue weighted by Gasteiger charge is 2.11. The first-order valence-corrected chi connectivity index (χ1v) is 10.6. The predicted octanol–water partition coefficient (Wildman–Crippen LogP) is 7.64. The molecule has 0 atom stereocenters. The Balaban J connectivity index is 1.58. The maximum absolute atomic E-state index is 14.7. The van der Waals surface area contributed by atoms with Crippen LogP contribution < -0.4 is 4.74 Å². The molecule has 166 valence electrons. The molecule has 0 heterocycles. The van der Waals surface area contributed by atoms with Gasteiger partial charge in [-0.1, -0.05) is 43.4 Å². The maximum atomic E-state index is 14.7. The molecule has 4 aromatic carbocycles. The fourth-order valence-corrected chi connectivity index (χ4v) is 3.39. The molecule has 0 N–H and O–H groups in total. The van der Waals surface area contributed by atoms with Gasteiger partial charge in [-0.25, -0.2) is 17.6 Å². The van der Waals surface area contributed by atoms with Crippen LogP contribution in [0, 0.1) is 35.1 Å². The average Bonchev–Trinajstić information content (AvgIpc) is 2.80. The Labute approximate surface area is 189 Å². The highest BCUT2D eigenvalue weighted by atomic mass is 19.2. The van der Waals surface area contributed by atoms with Gasteiger partial charge in [-0.15, -0.1) is 0 Å². The van der Waals surface area contributed by atoms with Gasteiger partial charge in [-0.3, -0.25) is 0 Å². The summed E-state index contributed by atoms with van der Waals surface area (Å²) in [5.41, 5.74) is 1.11. The van der Waals surface area contributed by atoms with Gasteiger partial charge in [0.15, 0.2) is 11.6 Å². The molecule has 0 unspecified atom stereocenters. The van der Waals surface area contributed by atoms with Crippen molar-refractivity contribution < 1.29 is 22.3 Å². The van der Waals surface area contributed by atoms with Crippen LogP contribution >= 0.6 is 0 Å². The van der Waals surface area contributed by atoms with Gasteiger partial charge in [0.25, 0.3) is 0 Å². The quantitative estimate of drug-likeness (QED) is 0.173. The largest absolute Gasteiger partial charge is 0.494 e. The highest BCUT2D eigenvalue weighted by molar-refractivity contribution is 5.84. The summed E-state index contributed by atoms with van der Waals surface area (Å²) in [6, 6.07) is 16.3. The van der Waals surface area contributed by atoms with Crippen molar-refractivity contribution in [1.29, 1.82) is 0 Å². The van der Waals surface area contributed by atoms with Gasteiger partial charge >= 0.3 is 0 Å². The van der Waals surface area contributed by atoms with E-state index in [2.05, 4.69) is 18.8 Å². The van der Waals surface area contributed by atoms with E-state index in [0.717, 1.165) is 25.0 Å². The molecule has 0 saturated heterocycles. The van der Waals surface area contributed by atoms with E-state index in [1.165, 1.54) is 12.1 Å². The smallest absolute Gasteiger partial charge is 0.159 e. The van der Waals surface area contributed by atoms with Gasteiger partial charge in [0.2, 0.25) is 0 Å². The summed E-state index contributed by atoms with van der Waals surface area (Å²) in [6.45, 7) is 2.70. The summed E-state index contributed by atoms with van der Waals surface area (Å²) in [5, 5.41) is 0.946. The first-order chi connectivity index (χ1) is 15.9. The van der Waals surface area contributed by atoms with Crippen LogP contribution in [-0.2, 0) is 0 Å². The molecule has 0 bridgehead atoms. The van der Waals surface area contributed by atoms with E-state index < -0.39 is 23.3 Å². The molecule has 0 spiro atoms. The van der Waals surface area contributed by atoms with Crippen molar-refractivity contribution in [1.82, 2.24) is 0 Å². The summed E-state index contributed by atoms with van der Waals surface area (Å²) in [5.74, 6) is 2.44. The Morgan fingerprint density at radius 2 is 1.33 bits per heavy atom. The minimum atomic E-state index is -0.971. The Morgan fingerprint density at radius 1 is 0.667 bits per heavy atom. The number of hydrogen-bond acceptors (Lipinski definition) is 1. The second-order valence-corrected chi connectivity index (χ2v) is 7.62. The molecule has 5 heteroatoms. The molecule has 4 aromatic rings. The Bertz CT molecular complexity index is 1340. The number of benzene rings is 4. The minimum Gasteiger partial charge on any atom is -0.494 e. The van der Waals surface area contributed by atoms with Gasteiger partial charge in [-0.2, -0.15) is 0 Å². The molecule has 0 saturated carbocycles. The zero-order valence-electron chi connectivity index (χ0n) is 17.9. The van der Waals surface area contributed by atoms with Gasteiger partial charge < -0.3 is 4.74 Å². The van der Waals surface area contributed by atoms with E-state index in [0.29, 0.717) is 39.8 Å². The van der Waals surface area contributed by atoms with E-state index in [9.17, 15) is 17.6 Å². The summed E-state index contributed by atoms with van der Waals surface area (Å²) in [7, 11) is 0. The molecule has 0 aromatic heterocycles. The zero-order chi connectivity index (χ0) is 23.4. The number of hydrogen-bond donors (Lipinski definition) is 0. The second kappa shape index (κ2) is 9.79. The van der Waals surface area contributed by atoms with Crippen LogP contribution in [0.5, 0.6) is 5.75 Å². The van der Waals surface area contributed by atoms with Gasteiger partial charge in [0.1, 0.15) is 17.4 Å². The second-order valence-electron chi connectivity index (χ2n) is 7.62. The van der Waals surface area contributed by atoms with Crippen LogP contribution in [0.3, 0.4) is 0 Å². The molecule has 4 rings (SSSR count). The number of halogens is 4. The fraction of sp³-hybridized carbons (Fsp3) is 0.143. The average molecular weight is 448 g/mol. The van der Waals surface area contributed by atoms with E-state index in [1.54, 1.807) is 42.5 Å². The van der Waals surface area contributed by atoms with Crippen LogP contribution in [0.2, 0.25) is 0 Å². The van der Waals surface area contributed by atoms with Crippen LogP contribution in [-0.4, -0.2) is 6.61 Å². The lowest BCUT2D eigenvalue weighted by Gasteiger charge is -2.08. The van der Waals surface area contributed by atoms with E-state index in [4.69, 9.17) is 4.74 Å². The third-order valence-corrected chi connectivity index (χ3v) is 5.21. The van der Waals surface area contributed by atoms with E-state index in [1.807, 2.05) is 0 Å². The van der Waals surface area contributed by atoms with Crippen molar-refractivity contribution in [3.05, 3.63) is 101 Å². The van der Waals surface area contributed by atoms with E-state index in [-0.39, 0.29) is 5.56 Å². The summed E-state index contributed by atoms with van der Waals surface area (Å²) in [6.07, 6.45) is 1.99. The lowest BCUT2D eigenvalue weighted by Crippen LogP contribution is -1.96. The normalized spacial score (nSPS) is 10.7. The van der Waals surface area contributed by atoms with E-state index >= 15 is 0 Å². The molecule has 1 nitrogen and oxygen atoms in total. The van der Waals surface area contributed by atoms with Crippen molar-refractivity contribution >= 4 is 10.8 Å². The molecule has 0 radical (unpaired) electrons. The topological polar surface area (TPSA) is 9.23 Å². The van der Waals surface area contributed by atoms with Crippen molar-refractivity contribution in [3.8, 4) is 28.7 Å². The van der Waals surface area contributed by atoms with Gasteiger partial charge in [0, 0.05) is 5.56 Å². The van der Waals surface area contributed by atoms with Gasteiger partial charge in [0.05, 0.1) is 12.2 Å². The van der Waals surface area contributed by atoms with Crippen LogP contribution in [0.1, 0.15) is 30.9 Å². The predicted molar refractivity (Wildman–Crippen MR) is 122 cm³/mol. The molecule has 0 aliphatic heterocycles. The lowest BCUT2D eigenvalue weighted by atomic mass is 10.0. The fourth-order valence-electron chi connectivity index (χ4n) is 3.39. The molecule has 0 fully saturated rings. The first-order valence-electron chi connectivity index (χ1n) is 10.6. The minimum absolute atomic E-state index is 0.358. The molecular formula is C28H20F4O. The third-order valence-electron chi connectivity index (χ3n) is 5.21. The summed E-state index contributed by atoms with van der Waals surface area (Å²) < 4.78 is 61.8. The van der Waals surface area contributed by atoms with Gasteiger partial charge in [-0.05, 0) is 76.9 Å². The molecule has 0 aliphatic carbocycles. The molecule has 0 amide bonds. The van der Waals surface area contributed by atoms with Crippen LogP contribution in [0.25, 0.3) is 21.9 Å². The van der Waals surface area contributed by atoms with Crippen LogP contribution in [0.4, 0.5) is 17.6 Å². The number of ether oxygens (including phenoxy) is 1. The lowest BCUT2D eigenvalue weighted by molar-refractivity contribution is 0.309. The number of fused-ring (bicyclic) bond motifs is 1. The van der Waals surface area contributed by atoms with Crippen molar-refractivity contribution in [2.24, 2.45) is 0 Å². The standard InChI is InChI=1S/C28H20F4O/c1-2-3-12-33-23-9-7-19(8-10-23)22-15-25(29)24(26(30)16-22)11-5-18-4-6-20-14-27(31)28(32)17-21(20)13-18/h4,6-10,13-17H,2-3,12H2,1H3. The summed E-state index contributed by atoms with van der Waals surface area (Å²) in [4.78, 5) is 0. The molecule has 0 aliphatic rings. The molecule has 33 heavy (non-hydrogen) atoms. The third kappa shape index (κ3) is 5.18.